The van der Waals surface area contributed by atoms with Crippen molar-refractivity contribution in [1.82, 2.24) is 5.32 Å². The lowest BCUT2D eigenvalue weighted by Gasteiger charge is -2.30. The van der Waals surface area contributed by atoms with Gasteiger partial charge >= 0.3 is 0 Å². The Kier molecular flexibility index (Phi) is 5.73. The van der Waals surface area contributed by atoms with Crippen LogP contribution in [0.25, 0.3) is 0 Å². The van der Waals surface area contributed by atoms with E-state index < -0.39 is 0 Å². The average molecular weight is 475 g/mol. The van der Waals surface area contributed by atoms with Crippen molar-refractivity contribution in [2.24, 2.45) is 0 Å². The first-order valence-electron chi connectivity index (χ1n) is 8.83. The zero-order chi connectivity index (χ0) is 20.4. The summed E-state index contributed by atoms with van der Waals surface area (Å²) in [7, 11) is 0. The Morgan fingerprint density at radius 3 is 2.83 bits per heavy atom. The van der Waals surface area contributed by atoms with Crippen LogP contribution in [0.1, 0.15) is 21.7 Å². The molecule has 0 saturated carbocycles. The number of benzene rings is 2. The second-order valence-corrected chi connectivity index (χ2v) is 8.29. The van der Waals surface area contributed by atoms with Crippen molar-refractivity contribution < 1.29 is 18.4 Å². The van der Waals surface area contributed by atoms with Crippen molar-refractivity contribution in [2.45, 2.75) is 18.0 Å². The molecular weight excluding hydrogens is 459 g/mol. The number of nitrogens with one attached hydrogen (secondary N) is 1. The van der Waals surface area contributed by atoms with Gasteiger partial charge in [-0.1, -0.05) is 18.2 Å². The molecule has 8 heteroatoms. The SMILES string of the molecule is O=C(NCc1ccco1)c1cc2c(cc1Br)SCC(=O)N2Cc1ccccc1F. The zero-order valence-electron chi connectivity index (χ0n) is 15.2. The molecule has 148 valence electrons. The summed E-state index contributed by atoms with van der Waals surface area (Å²) in [5.41, 5.74) is 1.41. The standard InChI is InChI=1S/C21H16BrFN2O3S/c22-16-9-19-18(8-15(16)21(27)24-10-14-5-3-7-28-14)25(20(26)12-29-19)11-13-4-1-2-6-17(13)23/h1-9H,10-12H2,(H,24,27). The molecule has 3 aromatic rings. The molecule has 5 nitrogen and oxygen atoms in total. The van der Waals surface area contributed by atoms with Crippen LogP contribution in [0.4, 0.5) is 10.1 Å². The molecule has 1 aliphatic heterocycles. The van der Waals surface area contributed by atoms with E-state index in [4.69, 9.17) is 4.42 Å². The second kappa shape index (κ2) is 8.42. The molecule has 29 heavy (non-hydrogen) atoms. The van der Waals surface area contributed by atoms with Crippen molar-refractivity contribution in [3.63, 3.8) is 0 Å². The van der Waals surface area contributed by atoms with Gasteiger partial charge in [0.2, 0.25) is 5.91 Å². The van der Waals surface area contributed by atoms with Crippen LogP contribution in [0.5, 0.6) is 0 Å². The maximum atomic E-state index is 14.1. The number of carbonyl (C=O) groups is 2. The van der Waals surface area contributed by atoms with Crippen LogP contribution in [0.15, 0.2) is 68.6 Å². The van der Waals surface area contributed by atoms with E-state index in [0.29, 0.717) is 27.0 Å². The largest absolute Gasteiger partial charge is 0.467 e. The number of furan rings is 1. The molecule has 1 N–H and O–H groups in total. The number of fused-ring (bicyclic) bond motifs is 1. The van der Waals surface area contributed by atoms with Crippen molar-refractivity contribution in [3.8, 4) is 0 Å². The van der Waals surface area contributed by atoms with Gasteiger partial charge in [-0.15, -0.1) is 11.8 Å². The monoisotopic (exact) mass is 474 g/mol. The molecular formula is C21H16BrFN2O3S. The minimum absolute atomic E-state index is 0.105. The molecule has 4 rings (SSSR count). The van der Waals surface area contributed by atoms with E-state index in [1.807, 2.05) is 6.07 Å². The van der Waals surface area contributed by atoms with Crippen LogP contribution in [0, 0.1) is 5.82 Å². The summed E-state index contributed by atoms with van der Waals surface area (Å²) in [5.74, 6) is 0.102. The van der Waals surface area contributed by atoms with E-state index in [1.165, 1.54) is 22.7 Å². The summed E-state index contributed by atoms with van der Waals surface area (Å²) in [5, 5.41) is 2.80. The van der Waals surface area contributed by atoms with Crippen molar-refractivity contribution >= 4 is 45.2 Å². The normalized spacial score (nSPS) is 13.3. The van der Waals surface area contributed by atoms with E-state index in [2.05, 4.69) is 21.2 Å². The molecule has 0 bridgehead atoms. The lowest BCUT2D eigenvalue weighted by atomic mass is 10.1. The molecule has 1 aromatic heterocycles. The van der Waals surface area contributed by atoms with Gasteiger partial charge in [-0.2, -0.15) is 0 Å². The predicted molar refractivity (Wildman–Crippen MR) is 112 cm³/mol. The van der Waals surface area contributed by atoms with Gasteiger partial charge in [0.1, 0.15) is 11.6 Å². The quantitative estimate of drug-likeness (QED) is 0.579. The number of hydrogen-bond acceptors (Lipinski definition) is 4. The number of carbonyl (C=O) groups excluding carboxylic acids is 2. The number of thioether (sulfide) groups is 1. The Balaban J connectivity index is 1.63. The van der Waals surface area contributed by atoms with Gasteiger partial charge in [0.05, 0.1) is 36.4 Å². The highest BCUT2D eigenvalue weighted by atomic mass is 79.9. The first-order chi connectivity index (χ1) is 14.0. The summed E-state index contributed by atoms with van der Waals surface area (Å²) in [4.78, 5) is 27.7. The fourth-order valence-corrected chi connectivity index (χ4v) is 4.67. The molecule has 0 spiro atoms. The highest BCUT2D eigenvalue weighted by molar-refractivity contribution is 9.10. The maximum absolute atomic E-state index is 14.1. The number of halogens is 2. The van der Waals surface area contributed by atoms with E-state index in [1.54, 1.807) is 42.7 Å². The van der Waals surface area contributed by atoms with Gasteiger partial charge in [0.25, 0.3) is 5.91 Å². The molecule has 0 radical (unpaired) electrons. The van der Waals surface area contributed by atoms with Gasteiger partial charge in [0, 0.05) is 14.9 Å². The first-order valence-corrected chi connectivity index (χ1v) is 10.6. The molecule has 0 saturated heterocycles. The number of anilines is 1. The predicted octanol–water partition coefficient (Wildman–Crippen LogP) is 4.75. The van der Waals surface area contributed by atoms with E-state index in [0.717, 1.165) is 4.90 Å². The molecule has 0 atom stereocenters. The van der Waals surface area contributed by atoms with Crippen molar-refractivity contribution in [2.75, 3.05) is 10.7 Å². The van der Waals surface area contributed by atoms with Crippen LogP contribution in [-0.4, -0.2) is 17.6 Å². The Bertz CT molecular complexity index is 1070. The fraction of sp³-hybridized carbons (Fsp3) is 0.143. The van der Waals surface area contributed by atoms with E-state index in [9.17, 15) is 14.0 Å². The molecule has 0 fully saturated rings. The zero-order valence-corrected chi connectivity index (χ0v) is 17.6. The number of hydrogen-bond donors (Lipinski definition) is 1. The second-order valence-electron chi connectivity index (χ2n) is 6.42. The lowest BCUT2D eigenvalue weighted by Crippen LogP contribution is -2.35. The van der Waals surface area contributed by atoms with E-state index >= 15 is 0 Å². The molecule has 0 aliphatic carbocycles. The van der Waals surface area contributed by atoms with Gasteiger partial charge in [-0.3, -0.25) is 9.59 Å². The minimum atomic E-state index is -0.367. The third-order valence-electron chi connectivity index (χ3n) is 4.53. The Labute approximate surface area is 179 Å². The highest BCUT2D eigenvalue weighted by Gasteiger charge is 2.28. The van der Waals surface area contributed by atoms with Gasteiger partial charge in [0.15, 0.2) is 0 Å². The molecule has 2 aromatic carbocycles. The Morgan fingerprint density at radius 2 is 2.07 bits per heavy atom. The summed E-state index contributed by atoms with van der Waals surface area (Å²) < 4.78 is 20.0. The summed E-state index contributed by atoms with van der Waals surface area (Å²) >= 11 is 4.85. The van der Waals surface area contributed by atoms with Crippen LogP contribution in [0.3, 0.4) is 0 Å². The van der Waals surface area contributed by atoms with Crippen LogP contribution in [-0.2, 0) is 17.9 Å². The first kappa shape index (κ1) is 19.7. The fourth-order valence-electron chi connectivity index (χ4n) is 3.04. The Hall–Kier alpha value is -2.58. The number of amides is 2. The minimum Gasteiger partial charge on any atom is -0.467 e. The third-order valence-corrected chi connectivity index (χ3v) is 6.21. The number of nitrogens with zero attached hydrogens (tertiary/aromatic N) is 1. The summed E-state index contributed by atoms with van der Waals surface area (Å²) in [6, 6.07) is 13.4. The highest BCUT2D eigenvalue weighted by Crippen LogP contribution is 2.39. The maximum Gasteiger partial charge on any atom is 0.252 e. The molecule has 1 aliphatic rings. The van der Waals surface area contributed by atoms with Crippen molar-refractivity contribution in [3.05, 3.63) is 82.0 Å². The van der Waals surface area contributed by atoms with Crippen molar-refractivity contribution in [1.29, 1.82) is 0 Å². The van der Waals surface area contributed by atoms with Crippen LogP contribution >= 0.6 is 27.7 Å². The van der Waals surface area contributed by atoms with Gasteiger partial charge in [-0.05, 0) is 46.3 Å². The third kappa shape index (κ3) is 4.23. The van der Waals surface area contributed by atoms with E-state index in [-0.39, 0.29) is 36.5 Å². The average Bonchev–Trinajstić information content (AvgIpc) is 3.23. The number of rotatable bonds is 5. The smallest absolute Gasteiger partial charge is 0.252 e. The topological polar surface area (TPSA) is 62.6 Å². The van der Waals surface area contributed by atoms with Crippen LogP contribution in [0.2, 0.25) is 0 Å². The summed E-state index contributed by atoms with van der Waals surface area (Å²) in [6.45, 7) is 0.357. The van der Waals surface area contributed by atoms with Gasteiger partial charge in [-0.25, -0.2) is 4.39 Å². The van der Waals surface area contributed by atoms with Crippen LogP contribution < -0.4 is 10.2 Å². The summed E-state index contributed by atoms with van der Waals surface area (Å²) in [6.07, 6.45) is 1.54. The lowest BCUT2D eigenvalue weighted by molar-refractivity contribution is -0.116. The molecule has 2 amide bonds. The van der Waals surface area contributed by atoms with Gasteiger partial charge < -0.3 is 14.6 Å². The molecule has 2 heterocycles. The Morgan fingerprint density at radius 1 is 1.24 bits per heavy atom. The molecule has 0 unspecified atom stereocenters.